The Labute approximate surface area is 99.0 Å². The Morgan fingerprint density at radius 3 is 2.82 bits per heavy atom. The van der Waals surface area contributed by atoms with Crippen molar-refractivity contribution in [3.05, 3.63) is 35.4 Å². The summed E-state index contributed by atoms with van der Waals surface area (Å²) < 4.78 is 41.0. The number of rotatable bonds is 2. The Morgan fingerprint density at radius 1 is 1.18 bits per heavy atom. The van der Waals surface area contributed by atoms with Gasteiger partial charge in [-0.2, -0.15) is 0 Å². The van der Waals surface area contributed by atoms with Gasteiger partial charge in [-0.1, -0.05) is 0 Å². The molecule has 0 saturated carbocycles. The van der Waals surface area contributed by atoms with Gasteiger partial charge in [-0.3, -0.25) is 0 Å². The van der Waals surface area contributed by atoms with E-state index in [1.807, 2.05) is 0 Å². The molecule has 1 unspecified atom stereocenters. The minimum Gasteiger partial charge on any atom is -0.317 e. The number of hydrogen-bond donors (Lipinski definition) is 1. The average Bonchev–Trinajstić information content (AvgIpc) is 2.49. The lowest BCUT2D eigenvalue weighted by atomic mass is 9.89. The van der Waals surface area contributed by atoms with Crippen LogP contribution in [0.2, 0.25) is 0 Å². The lowest BCUT2D eigenvalue weighted by molar-refractivity contribution is 0.143. The largest absolute Gasteiger partial charge is 0.317 e. The zero-order chi connectivity index (χ0) is 12.3. The molecule has 1 atom stereocenters. The lowest BCUT2D eigenvalue weighted by Crippen LogP contribution is -2.28. The molecule has 0 aromatic heterocycles. The number of nitrogens with one attached hydrogen (secondary N) is 1. The zero-order valence-corrected chi connectivity index (χ0v) is 9.61. The van der Waals surface area contributed by atoms with Crippen LogP contribution in [0.3, 0.4) is 0 Å². The molecule has 0 bridgehead atoms. The van der Waals surface area contributed by atoms with Crippen molar-refractivity contribution in [3.63, 3.8) is 0 Å². The molecule has 2 rings (SSSR count). The maximum Gasteiger partial charge on any atom is 0.126 e. The molecular weight excluding hydrogens is 227 g/mol. The summed E-state index contributed by atoms with van der Waals surface area (Å²) in [6.07, 6.45) is 1.44. The molecule has 1 aliphatic heterocycles. The van der Waals surface area contributed by atoms with E-state index in [0.717, 1.165) is 31.2 Å². The summed E-state index contributed by atoms with van der Waals surface area (Å²) in [6.45, 7) is 1.38. The number of hydrogen-bond acceptors (Lipinski definition) is 1. The molecule has 0 aliphatic carbocycles. The highest BCUT2D eigenvalue weighted by Crippen LogP contribution is 2.29. The van der Waals surface area contributed by atoms with Crippen molar-refractivity contribution in [1.29, 1.82) is 0 Å². The first kappa shape index (κ1) is 12.4. The van der Waals surface area contributed by atoms with Gasteiger partial charge in [-0.05, 0) is 56.1 Å². The van der Waals surface area contributed by atoms with Crippen LogP contribution in [0, 0.1) is 11.6 Å². The van der Waals surface area contributed by atoms with Crippen LogP contribution in [0.25, 0.3) is 0 Å². The lowest BCUT2D eigenvalue weighted by Gasteiger charge is -2.23. The summed E-state index contributed by atoms with van der Waals surface area (Å²) in [5, 5.41) is 3.11. The highest BCUT2D eigenvalue weighted by molar-refractivity contribution is 5.21. The van der Waals surface area contributed by atoms with Gasteiger partial charge in [0, 0.05) is 6.42 Å². The summed E-state index contributed by atoms with van der Waals surface area (Å²) in [5.74, 6) is -1.04. The molecule has 1 saturated heterocycles. The predicted octanol–water partition coefficient (Wildman–Crippen LogP) is 2.99. The van der Waals surface area contributed by atoms with Crippen LogP contribution < -0.4 is 5.32 Å². The molecular formula is C13H16F3N. The van der Waals surface area contributed by atoms with Crippen molar-refractivity contribution in [2.24, 2.45) is 0 Å². The van der Waals surface area contributed by atoms with E-state index in [4.69, 9.17) is 0 Å². The van der Waals surface area contributed by atoms with E-state index in [0.29, 0.717) is 19.4 Å². The molecule has 1 nitrogen and oxygen atoms in total. The van der Waals surface area contributed by atoms with Crippen LogP contribution in [0.5, 0.6) is 0 Å². The second-order valence-electron chi connectivity index (χ2n) is 4.67. The molecule has 94 valence electrons. The number of halogens is 3. The van der Waals surface area contributed by atoms with E-state index < -0.39 is 17.3 Å². The molecule has 1 heterocycles. The van der Waals surface area contributed by atoms with Crippen LogP contribution in [0.4, 0.5) is 13.2 Å². The quantitative estimate of drug-likeness (QED) is 0.842. The summed E-state index contributed by atoms with van der Waals surface area (Å²) in [7, 11) is 0. The fourth-order valence-electron chi connectivity index (χ4n) is 2.29. The third-order valence-electron chi connectivity index (χ3n) is 3.24. The van der Waals surface area contributed by atoms with Crippen LogP contribution in [0.15, 0.2) is 18.2 Å². The summed E-state index contributed by atoms with van der Waals surface area (Å²) in [6, 6.07) is 3.20. The molecule has 0 radical (unpaired) electrons. The van der Waals surface area contributed by atoms with Gasteiger partial charge in [0.05, 0.1) is 0 Å². The molecule has 0 spiro atoms. The van der Waals surface area contributed by atoms with Gasteiger partial charge in [0.25, 0.3) is 0 Å². The molecule has 0 amide bonds. The minimum atomic E-state index is -1.42. The highest BCUT2D eigenvalue weighted by Gasteiger charge is 2.31. The third-order valence-corrected chi connectivity index (χ3v) is 3.24. The zero-order valence-electron chi connectivity index (χ0n) is 9.61. The predicted molar refractivity (Wildman–Crippen MR) is 60.6 cm³/mol. The van der Waals surface area contributed by atoms with Gasteiger partial charge in [0.15, 0.2) is 0 Å². The monoisotopic (exact) mass is 243 g/mol. The minimum absolute atomic E-state index is 0.0434. The fourth-order valence-corrected chi connectivity index (χ4v) is 2.29. The average molecular weight is 243 g/mol. The van der Waals surface area contributed by atoms with E-state index in [1.165, 1.54) is 0 Å². The molecule has 17 heavy (non-hydrogen) atoms. The van der Waals surface area contributed by atoms with Gasteiger partial charge in [0.2, 0.25) is 0 Å². The SMILES string of the molecule is Fc1ccc(F)c(CC2(F)CCCNCC2)c1. The molecule has 1 N–H and O–H groups in total. The Balaban J connectivity index is 2.15. The normalized spacial score (nSPS) is 25.6. The molecule has 1 aromatic carbocycles. The topological polar surface area (TPSA) is 12.0 Å². The van der Waals surface area contributed by atoms with Gasteiger partial charge >= 0.3 is 0 Å². The van der Waals surface area contributed by atoms with Crippen LogP contribution in [-0.4, -0.2) is 18.8 Å². The van der Waals surface area contributed by atoms with E-state index in [-0.39, 0.29) is 12.0 Å². The summed E-state index contributed by atoms with van der Waals surface area (Å²) in [5.41, 5.74) is -1.28. The second-order valence-corrected chi connectivity index (χ2v) is 4.67. The van der Waals surface area contributed by atoms with Gasteiger partial charge < -0.3 is 5.32 Å². The summed E-state index contributed by atoms with van der Waals surface area (Å²) in [4.78, 5) is 0. The van der Waals surface area contributed by atoms with E-state index >= 15 is 0 Å². The van der Waals surface area contributed by atoms with Crippen molar-refractivity contribution in [3.8, 4) is 0 Å². The van der Waals surface area contributed by atoms with Crippen molar-refractivity contribution in [2.45, 2.75) is 31.4 Å². The fraction of sp³-hybridized carbons (Fsp3) is 0.538. The Hall–Kier alpha value is -1.03. The number of alkyl halides is 1. The highest BCUT2D eigenvalue weighted by atomic mass is 19.1. The third kappa shape index (κ3) is 3.22. The molecule has 1 aliphatic rings. The Morgan fingerprint density at radius 2 is 2.00 bits per heavy atom. The Bertz CT molecular complexity index is 384. The Kier molecular flexibility index (Phi) is 3.72. The summed E-state index contributed by atoms with van der Waals surface area (Å²) >= 11 is 0. The van der Waals surface area contributed by atoms with Crippen molar-refractivity contribution < 1.29 is 13.2 Å². The van der Waals surface area contributed by atoms with Gasteiger partial charge in [-0.15, -0.1) is 0 Å². The van der Waals surface area contributed by atoms with Crippen molar-refractivity contribution in [1.82, 2.24) is 5.32 Å². The maximum absolute atomic E-state index is 14.5. The molecule has 4 heteroatoms. The van der Waals surface area contributed by atoms with Crippen LogP contribution in [0.1, 0.15) is 24.8 Å². The number of benzene rings is 1. The molecule has 1 aromatic rings. The van der Waals surface area contributed by atoms with Crippen molar-refractivity contribution >= 4 is 0 Å². The van der Waals surface area contributed by atoms with Crippen LogP contribution in [-0.2, 0) is 6.42 Å². The van der Waals surface area contributed by atoms with Crippen LogP contribution >= 0.6 is 0 Å². The first-order valence-electron chi connectivity index (χ1n) is 5.93. The van der Waals surface area contributed by atoms with Crippen molar-refractivity contribution in [2.75, 3.05) is 13.1 Å². The van der Waals surface area contributed by atoms with E-state index in [1.54, 1.807) is 0 Å². The van der Waals surface area contributed by atoms with Gasteiger partial charge in [0.1, 0.15) is 17.3 Å². The second kappa shape index (κ2) is 5.08. The smallest absolute Gasteiger partial charge is 0.126 e. The molecule has 1 fully saturated rings. The first-order chi connectivity index (χ1) is 8.09. The van der Waals surface area contributed by atoms with E-state index in [2.05, 4.69) is 5.32 Å². The van der Waals surface area contributed by atoms with E-state index in [9.17, 15) is 13.2 Å². The maximum atomic E-state index is 14.5. The first-order valence-corrected chi connectivity index (χ1v) is 5.93. The standard InChI is InChI=1S/C13H16F3N/c14-11-2-3-12(15)10(8-11)9-13(16)4-1-6-17-7-5-13/h2-3,8,17H,1,4-7,9H2. The van der Waals surface area contributed by atoms with Gasteiger partial charge in [-0.25, -0.2) is 13.2 Å².